The Kier molecular flexibility index (Phi) is 6.28. The highest BCUT2D eigenvalue weighted by Crippen LogP contribution is 2.37. The van der Waals surface area contributed by atoms with Crippen LogP contribution in [0.4, 0.5) is 5.69 Å². The minimum Gasteiger partial charge on any atom is -0.465 e. The van der Waals surface area contributed by atoms with E-state index in [1.807, 2.05) is 52.0 Å². The van der Waals surface area contributed by atoms with Gasteiger partial charge in [-0.25, -0.2) is 4.79 Å². The van der Waals surface area contributed by atoms with E-state index in [2.05, 4.69) is 42.7 Å². The highest BCUT2D eigenvalue weighted by Gasteiger charge is 2.38. The van der Waals surface area contributed by atoms with Crippen molar-refractivity contribution in [2.75, 3.05) is 12.0 Å². The van der Waals surface area contributed by atoms with Crippen molar-refractivity contribution in [3.8, 4) is 5.69 Å². The summed E-state index contributed by atoms with van der Waals surface area (Å²) >= 11 is 0. The van der Waals surface area contributed by atoms with Crippen molar-refractivity contribution >= 4 is 23.6 Å². The molecule has 1 aliphatic heterocycles. The number of amides is 1. The predicted molar refractivity (Wildman–Crippen MR) is 141 cm³/mol. The molecule has 0 unspecified atom stereocenters. The van der Waals surface area contributed by atoms with E-state index in [1.54, 1.807) is 11.8 Å². The van der Waals surface area contributed by atoms with E-state index in [-0.39, 0.29) is 5.91 Å². The molecule has 0 fully saturated rings. The molecule has 0 saturated heterocycles. The summed E-state index contributed by atoms with van der Waals surface area (Å²) in [4.78, 5) is 28.1. The number of anilines is 1. The second-order valence-electron chi connectivity index (χ2n) is 9.43. The highest BCUT2D eigenvalue weighted by molar-refractivity contribution is 6.23. The monoisotopic (exact) mass is 468 g/mol. The van der Waals surface area contributed by atoms with Gasteiger partial charge in [0.05, 0.1) is 18.3 Å². The maximum absolute atomic E-state index is 13.7. The van der Waals surface area contributed by atoms with Crippen LogP contribution in [0.25, 0.3) is 11.8 Å². The smallest absolute Gasteiger partial charge is 0.340 e. The minimum atomic E-state index is -0.517. The Morgan fingerprint density at radius 1 is 0.829 bits per heavy atom. The minimum absolute atomic E-state index is 0.234. The number of methoxy groups -OCH3 is 1. The first kappa shape index (κ1) is 24.3. The molecule has 0 atom stereocenters. The lowest BCUT2D eigenvalue weighted by Gasteiger charge is -2.19. The first-order valence-electron chi connectivity index (χ1n) is 11.7. The number of hydrogen-bond donors (Lipinski definition) is 0. The average Bonchev–Trinajstić information content (AvgIpc) is 3.20. The van der Waals surface area contributed by atoms with Gasteiger partial charge in [0.15, 0.2) is 0 Å². The normalized spacial score (nSPS) is 14.9. The van der Waals surface area contributed by atoms with Gasteiger partial charge in [-0.3, -0.25) is 9.69 Å². The number of allylic oxidation sites excluding steroid dienone is 1. The van der Waals surface area contributed by atoms with Crippen LogP contribution in [0.3, 0.4) is 0 Å². The Morgan fingerprint density at radius 2 is 1.49 bits per heavy atom. The molecule has 4 rings (SSSR count). The van der Waals surface area contributed by atoms with E-state index in [9.17, 15) is 9.59 Å². The molecular weight excluding hydrogens is 436 g/mol. The fourth-order valence-electron chi connectivity index (χ4n) is 4.92. The number of rotatable bonds is 4. The Hall–Kier alpha value is -3.86. The lowest BCUT2D eigenvalue weighted by atomic mass is 10.0. The first-order chi connectivity index (χ1) is 16.5. The van der Waals surface area contributed by atoms with Crippen LogP contribution in [-0.2, 0) is 14.3 Å². The summed E-state index contributed by atoms with van der Waals surface area (Å²) in [7, 11) is 1.34. The molecule has 1 aliphatic rings. The Labute approximate surface area is 207 Å². The predicted octanol–water partition coefficient (Wildman–Crippen LogP) is 6.21. The van der Waals surface area contributed by atoms with Gasteiger partial charge in [0.25, 0.3) is 5.91 Å². The number of carbonyl (C=O) groups excluding carboxylic acids is 2. The van der Waals surface area contributed by atoms with E-state index < -0.39 is 5.97 Å². The molecule has 35 heavy (non-hydrogen) atoms. The molecular formula is C30H32N2O3. The molecule has 2 heterocycles. The van der Waals surface area contributed by atoms with Crippen molar-refractivity contribution in [2.45, 2.75) is 48.5 Å². The van der Waals surface area contributed by atoms with Gasteiger partial charge in [-0.15, -0.1) is 0 Å². The Bertz CT molecular complexity index is 1420. The fraction of sp³-hybridized carbons (Fsp3) is 0.267. The average molecular weight is 469 g/mol. The third-order valence-corrected chi connectivity index (χ3v) is 6.77. The quantitative estimate of drug-likeness (QED) is 0.338. The van der Waals surface area contributed by atoms with Gasteiger partial charge in [0.2, 0.25) is 0 Å². The number of benzene rings is 2. The maximum atomic E-state index is 13.7. The number of carbonyl (C=O) groups is 2. The molecule has 0 bridgehead atoms. The molecule has 0 aliphatic carbocycles. The Morgan fingerprint density at radius 3 is 2.09 bits per heavy atom. The van der Waals surface area contributed by atoms with Crippen molar-refractivity contribution in [2.24, 2.45) is 0 Å². The Balaban J connectivity index is 1.86. The van der Waals surface area contributed by atoms with Crippen LogP contribution in [0, 0.1) is 41.5 Å². The molecule has 0 radical (unpaired) electrons. The molecule has 180 valence electrons. The molecule has 1 aromatic heterocycles. The SMILES string of the molecule is COC(=O)C1=C(C)N(c2ccc(C)c(C)c2)C(=O)/C1=C\c1cc(C)n(-c2cc(C)cc(C)c2)c1C. The number of aromatic nitrogens is 1. The van der Waals surface area contributed by atoms with E-state index in [0.29, 0.717) is 16.8 Å². The molecule has 0 N–H and O–H groups in total. The second kappa shape index (κ2) is 9.06. The topological polar surface area (TPSA) is 51.5 Å². The second-order valence-corrected chi connectivity index (χ2v) is 9.43. The van der Waals surface area contributed by atoms with Crippen molar-refractivity contribution in [3.05, 3.63) is 98.5 Å². The van der Waals surface area contributed by atoms with Crippen molar-refractivity contribution in [1.29, 1.82) is 0 Å². The zero-order chi connectivity index (χ0) is 25.6. The molecule has 3 aromatic rings. The van der Waals surface area contributed by atoms with Crippen molar-refractivity contribution < 1.29 is 14.3 Å². The van der Waals surface area contributed by atoms with Crippen LogP contribution in [0.5, 0.6) is 0 Å². The largest absolute Gasteiger partial charge is 0.465 e. The number of aryl methyl sites for hydroxylation is 5. The summed E-state index contributed by atoms with van der Waals surface area (Å²) in [6.45, 7) is 14.1. The first-order valence-corrected chi connectivity index (χ1v) is 11.7. The fourth-order valence-corrected chi connectivity index (χ4v) is 4.92. The number of ether oxygens (including phenoxy) is 1. The molecule has 0 saturated carbocycles. The van der Waals surface area contributed by atoms with Gasteiger partial charge in [-0.2, -0.15) is 0 Å². The van der Waals surface area contributed by atoms with Crippen LogP contribution >= 0.6 is 0 Å². The molecule has 2 aromatic carbocycles. The number of esters is 1. The van der Waals surface area contributed by atoms with Crippen LogP contribution in [0.2, 0.25) is 0 Å². The van der Waals surface area contributed by atoms with E-state index >= 15 is 0 Å². The summed E-state index contributed by atoms with van der Waals surface area (Å²) < 4.78 is 7.26. The van der Waals surface area contributed by atoms with Gasteiger partial charge >= 0.3 is 5.97 Å². The van der Waals surface area contributed by atoms with Crippen LogP contribution in [0.1, 0.15) is 46.1 Å². The van der Waals surface area contributed by atoms with Gasteiger partial charge in [-0.05, 0) is 113 Å². The summed E-state index contributed by atoms with van der Waals surface area (Å²) in [5.74, 6) is -0.751. The molecule has 1 amide bonds. The third kappa shape index (κ3) is 4.23. The van der Waals surface area contributed by atoms with Gasteiger partial charge in [0, 0.05) is 28.5 Å². The third-order valence-electron chi connectivity index (χ3n) is 6.77. The maximum Gasteiger partial charge on any atom is 0.340 e. The van der Waals surface area contributed by atoms with E-state index in [0.717, 1.165) is 39.5 Å². The van der Waals surface area contributed by atoms with E-state index in [1.165, 1.54) is 18.2 Å². The zero-order valence-electron chi connectivity index (χ0n) is 21.7. The van der Waals surface area contributed by atoms with Gasteiger partial charge in [-0.1, -0.05) is 12.1 Å². The summed E-state index contributed by atoms with van der Waals surface area (Å²) in [6.07, 6.45) is 1.82. The van der Waals surface area contributed by atoms with E-state index in [4.69, 9.17) is 4.74 Å². The lowest BCUT2D eigenvalue weighted by Crippen LogP contribution is -2.24. The van der Waals surface area contributed by atoms with Crippen LogP contribution in [0.15, 0.2) is 59.3 Å². The molecule has 5 heteroatoms. The standard InChI is InChI=1S/C30H32N2O3/c1-17-11-18(2)13-26(12-17)31-21(5)15-24(22(31)6)16-27-28(30(34)35-8)23(7)32(29(27)33)25-10-9-19(3)20(4)14-25/h9-16H,1-8H3/b27-16-. The summed E-state index contributed by atoms with van der Waals surface area (Å²) in [5, 5.41) is 0. The summed E-state index contributed by atoms with van der Waals surface area (Å²) in [6, 6.07) is 14.4. The van der Waals surface area contributed by atoms with Gasteiger partial charge in [0.1, 0.15) is 0 Å². The number of hydrogen-bond acceptors (Lipinski definition) is 3. The highest BCUT2D eigenvalue weighted by atomic mass is 16.5. The molecule has 0 spiro atoms. The van der Waals surface area contributed by atoms with Crippen LogP contribution < -0.4 is 4.90 Å². The van der Waals surface area contributed by atoms with Gasteiger partial charge < -0.3 is 9.30 Å². The van der Waals surface area contributed by atoms with Crippen molar-refractivity contribution in [1.82, 2.24) is 4.57 Å². The number of nitrogens with zero attached hydrogens (tertiary/aromatic N) is 2. The molecule has 5 nitrogen and oxygen atoms in total. The zero-order valence-corrected chi connectivity index (χ0v) is 21.7. The summed E-state index contributed by atoms with van der Waals surface area (Å²) in [5.41, 5.74) is 10.6. The lowest BCUT2D eigenvalue weighted by molar-refractivity contribution is -0.136. The van der Waals surface area contributed by atoms with Crippen molar-refractivity contribution in [3.63, 3.8) is 0 Å². The van der Waals surface area contributed by atoms with Crippen LogP contribution in [-0.4, -0.2) is 23.6 Å².